The van der Waals surface area contributed by atoms with Crippen LogP contribution in [0.15, 0.2) is 23.1 Å². The summed E-state index contributed by atoms with van der Waals surface area (Å²) >= 11 is 5.90. The van der Waals surface area contributed by atoms with Gasteiger partial charge in [0, 0.05) is 0 Å². The van der Waals surface area contributed by atoms with Gasteiger partial charge in [0.05, 0.1) is 18.4 Å². The topological polar surface area (TPSA) is 151 Å². The standard InChI is InChI=1S/C17H15NO9S2/c1-26-11-4-8(2-3-10(11)27-7-14(21)22)5-12-15(23)18(17(28)29-12)9(16(24)25)6-13(19)20/h2-5,9H,6-7H2,1H3,(H,19,20)(H,21,22)(H,24,25)/b12-5-/t9-/m0/s1. The van der Waals surface area contributed by atoms with Gasteiger partial charge in [0.1, 0.15) is 10.4 Å². The third-order valence-corrected chi connectivity index (χ3v) is 4.96. The summed E-state index contributed by atoms with van der Waals surface area (Å²) in [5.74, 6) is -4.33. The molecule has 0 aliphatic carbocycles. The van der Waals surface area contributed by atoms with E-state index in [-0.39, 0.29) is 20.7 Å². The number of ether oxygens (including phenoxy) is 2. The van der Waals surface area contributed by atoms with Crippen LogP contribution >= 0.6 is 24.0 Å². The van der Waals surface area contributed by atoms with Crippen LogP contribution in [0.1, 0.15) is 12.0 Å². The molecule has 0 unspecified atom stereocenters. The first-order chi connectivity index (χ1) is 13.6. The predicted octanol–water partition coefficient (Wildman–Crippen LogP) is 1.29. The number of thiocarbonyl (C=S) groups is 1. The predicted molar refractivity (Wildman–Crippen MR) is 105 cm³/mol. The number of methoxy groups -OCH3 is 1. The summed E-state index contributed by atoms with van der Waals surface area (Å²) in [5, 5.41) is 26.9. The maximum atomic E-state index is 12.6. The third kappa shape index (κ3) is 5.45. The van der Waals surface area contributed by atoms with Gasteiger partial charge in [-0.25, -0.2) is 9.59 Å². The van der Waals surface area contributed by atoms with Crippen LogP contribution in [0.3, 0.4) is 0 Å². The summed E-state index contributed by atoms with van der Waals surface area (Å²) in [6.45, 7) is -0.561. The van der Waals surface area contributed by atoms with Gasteiger partial charge in [-0.3, -0.25) is 14.5 Å². The van der Waals surface area contributed by atoms with E-state index in [1.165, 1.54) is 31.4 Å². The van der Waals surface area contributed by atoms with E-state index >= 15 is 0 Å². The Kier molecular flexibility index (Phi) is 7.18. The summed E-state index contributed by atoms with van der Waals surface area (Å²) in [4.78, 5) is 46.4. The minimum atomic E-state index is -1.62. The van der Waals surface area contributed by atoms with Crippen molar-refractivity contribution in [1.82, 2.24) is 4.90 Å². The Balaban J connectivity index is 2.29. The lowest BCUT2D eigenvalue weighted by Gasteiger charge is -2.21. The van der Waals surface area contributed by atoms with Crippen molar-refractivity contribution in [1.29, 1.82) is 0 Å². The molecular weight excluding hydrogens is 426 g/mol. The second kappa shape index (κ2) is 9.39. The molecule has 1 aliphatic rings. The van der Waals surface area contributed by atoms with Crippen molar-refractivity contribution in [2.75, 3.05) is 13.7 Å². The van der Waals surface area contributed by atoms with Crippen LogP contribution in [0.25, 0.3) is 6.08 Å². The highest BCUT2D eigenvalue weighted by atomic mass is 32.2. The Morgan fingerprint density at radius 3 is 2.45 bits per heavy atom. The molecule has 0 radical (unpaired) electrons. The lowest BCUT2D eigenvalue weighted by molar-refractivity contribution is -0.150. The monoisotopic (exact) mass is 441 g/mol. The normalized spacial score (nSPS) is 16.0. The van der Waals surface area contributed by atoms with Crippen molar-refractivity contribution in [2.45, 2.75) is 12.5 Å². The molecule has 0 saturated carbocycles. The molecule has 2 rings (SSSR count). The van der Waals surface area contributed by atoms with Crippen LogP contribution in [0.2, 0.25) is 0 Å². The minimum absolute atomic E-state index is 0.0664. The van der Waals surface area contributed by atoms with E-state index in [2.05, 4.69) is 0 Å². The van der Waals surface area contributed by atoms with Gasteiger partial charge in [-0.15, -0.1) is 0 Å². The van der Waals surface area contributed by atoms with Crippen LogP contribution in [-0.2, 0) is 19.2 Å². The Bertz CT molecular complexity index is 912. The fraction of sp³-hybridized carbons (Fsp3) is 0.235. The van der Waals surface area contributed by atoms with Gasteiger partial charge in [-0.1, -0.05) is 30.0 Å². The fourth-order valence-electron chi connectivity index (χ4n) is 2.39. The van der Waals surface area contributed by atoms with Crippen LogP contribution < -0.4 is 9.47 Å². The fourth-order valence-corrected chi connectivity index (χ4v) is 3.74. The maximum absolute atomic E-state index is 12.6. The number of thioether (sulfide) groups is 1. The van der Waals surface area contributed by atoms with E-state index < -0.39 is 42.9 Å². The van der Waals surface area contributed by atoms with Crippen molar-refractivity contribution < 1.29 is 44.0 Å². The number of benzene rings is 1. The molecular formula is C17H15NO9S2. The number of carbonyl (C=O) groups is 4. The van der Waals surface area contributed by atoms with Gasteiger partial charge in [0.2, 0.25) is 0 Å². The van der Waals surface area contributed by atoms with Crippen molar-refractivity contribution in [3.8, 4) is 11.5 Å². The van der Waals surface area contributed by atoms with Gasteiger partial charge < -0.3 is 24.8 Å². The Labute approximate surface area is 173 Å². The molecule has 1 fully saturated rings. The Morgan fingerprint density at radius 2 is 1.90 bits per heavy atom. The maximum Gasteiger partial charge on any atom is 0.341 e. The highest BCUT2D eigenvalue weighted by Crippen LogP contribution is 2.36. The number of carbonyl (C=O) groups excluding carboxylic acids is 1. The molecule has 10 nitrogen and oxygen atoms in total. The number of carboxylic acid groups (broad SMARTS) is 3. The Morgan fingerprint density at radius 1 is 1.21 bits per heavy atom. The van der Waals surface area contributed by atoms with E-state index in [0.717, 1.165) is 16.7 Å². The SMILES string of the molecule is COc1cc(/C=C2\SC(=S)N([C@@H](CC(=O)O)C(=O)O)C2=O)ccc1OCC(=O)O. The molecule has 1 amide bonds. The summed E-state index contributed by atoms with van der Waals surface area (Å²) in [7, 11) is 1.36. The average Bonchev–Trinajstić information content (AvgIpc) is 2.91. The average molecular weight is 441 g/mol. The van der Waals surface area contributed by atoms with Crippen LogP contribution in [0.5, 0.6) is 11.5 Å². The number of aliphatic carboxylic acids is 3. The summed E-state index contributed by atoms with van der Waals surface area (Å²) < 4.78 is 10.2. The second-order valence-electron chi connectivity index (χ2n) is 5.60. The first-order valence-corrected chi connectivity index (χ1v) is 9.10. The number of amides is 1. The summed E-state index contributed by atoms with van der Waals surface area (Å²) in [5.41, 5.74) is 0.482. The number of carboxylic acids is 3. The zero-order valence-electron chi connectivity index (χ0n) is 14.9. The van der Waals surface area contributed by atoms with Gasteiger partial charge in [-0.2, -0.15) is 0 Å². The van der Waals surface area contributed by atoms with Crippen molar-refractivity contribution in [2.24, 2.45) is 0 Å². The van der Waals surface area contributed by atoms with E-state index in [9.17, 15) is 24.3 Å². The number of hydrogen-bond acceptors (Lipinski definition) is 8. The summed E-state index contributed by atoms with van der Waals surface area (Å²) in [6, 6.07) is 2.87. The molecule has 29 heavy (non-hydrogen) atoms. The van der Waals surface area contributed by atoms with E-state index in [0.29, 0.717) is 5.56 Å². The van der Waals surface area contributed by atoms with Crippen molar-refractivity contribution >= 4 is 58.2 Å². The molecule has 0 aromatic heterocycles. The molecule has 0 spiro atoms. The molecule has 1 saturated heterocycles. The molecule has 1 aromatic rings. The lowest BCUT2D eigenvalue weighted by Crippen LogP contribution is -2.45. The number of hydrogen-bond donors (Lipinski definition) is 3. The molecule has 1 aliphatic heterocycles. The molecule has 154 valence electrons. The zero-order chi connectivity index (χ0) is 21.7. The molecule has 0 bridgehead atoms. The van der Waals surface area contributed by atoms with E-state index in [1.54, 1.807) is 0 Å². The lowest BCUT2D eigenvalue weighted by atomic mass is 10.1. The van der Waals surface area contributed by atoms with Crippen molar-refractivity contribution in [3.05, 3.63) is 28.7 Å². The van der Waals surface area contributed by atoms with E-state index in [1.807, 2.05) is 0 Å². The smallest absolute Gasteiger partial charge is 0.341 e. The van der Waals surface area contributed by atoms with Gasteiger partial charge >= 0.3 is 17.9 Å². The first kappa shape index (κ1) is 22.2. The zero-order valence-corrected chi connectivity index (χ0v) is 16.5. The molecule has 1 heterocycles. The minimum Gasteiger partial charge on any atom is -0.493 e. The highest BCUT2D eigenvalue weighted by molar-refractivity contribution is 8.26. The van der Waals surface area contributed by atoms with Crippen LogP contribution in [0.4, 0.5) is 0 Å². The second-order valence-corrected chi connectivity index (χ2v) is 7.27. The van der Waals surface area contributed by atoms with Crippen molar-refractivity contribution in [3.63, 3.8) is 0 Å². The van der Waals surface area contributed by atoms with Crippen LogP contribution in [-0.4, -0.2) is 68.1 Å². The van der Waals surface area contributed by atoms with Gasteiger partial charge in [0.15, 0.2) is 18.1 Å². The number of nitrogens with zero attached hydrogens (tertiary/aromatic N) is 1. The van der Waals surface area contributed by atoms with Gasteiger partial charge in [0.25, 0.3) is 5.91 Å². The first-order valence-electron chi connectivity index (χ1n) is 7.88. The van der Waals surface area contributed by atoms with Crippen LogP contribution in [0, 0.1) is 0 Å². The quantitative estimate of drug-likeness (QED) is 0.375. The molecule has 1 atom stereocenters. The van der Waals surface area contributed by atoms with Gasteiger partial charge in [-0.05, 0) is 23.8 Å². The molecule has 12 heteroatoms. The summed E-state index contributed by atoms with van der Waals surface area (Å²) in [6.07, 6.45) is 0.640. The largest absolute Gasteiger partial charge is 0.493 e. The number of rotatable bonds is 9. The Hall–Kier alpha value is -3.12. The third-order valence-electron chi connectivity index (χ3n) is 3.62. The van der Waals surface area contributed by atoms with E-state index in [4.69, 9.17) is 31.9 Å². The highest BCUT2D eigenvalue weighted by Gasteiger charge is 2.41. The molecule has 3 N–H and O–H groups in total. The molecule has 1 aromatic carbocycles.